The Hall–Kier alpha value is -3.11. The Morgan fingerprint density at radius 2 is 2.09 bits per heavy atom. The number of ether oxygens (including phenoxy) is 2. The van der Waals surface area contributed by atoms with Gasteiger partial charge in [-0.05, 0) is 18.1 Å². The lowest BCUT2D eigenvalue weighted by molar-refractivity contribution is -0.160. The van der Waals surface area contributed by atoms with Gasteiger partial charge in [0.15, 0.2) is 11.9 Å². The minimum Gasteiger partial charge on any atom is -0.456 e. The second-order valence-corrected chi connectivity index (χ2v) is 8.57. The lowest BCUT2D eigenvalue weighted by atomic mass is 9.92. The van der Waals surface area contributed by atoms with E-state index in [1.807, 2.05) is 19.9 Å². The van der Waals surface area contributed by atoms with Crippen LogP contribution in [0.1, 0.15) is 33.4 Å². The number of nitrogens with one attached hydrogen (secondary N) is 1. The first-order valence-electron chi connectivity index (χ1n) is 10.6. The summed E-state index contributed by atoms with van der Waals surface area (Å²) in [5, 5.41) is 37.6. The van der Waals surface area contributed by atoms with Crippen molar-refractivity contribution in [2.75, 3.05) is 11.9 Å². The summed E-state index contributed by atoms with van der Waals surface area (Å²) < 4.78 is 12.4. The Balaban J connectivity index is 2.02. The van der Waals surface area contributed by atoms with Crippen LogP contribution in [-0.4, -0.2) is 67.6 Å². The minimum atomic E-state index is -2.01. The molecule has 0 saturated carbocycles. The number of aromatic nitrogens is 3. The van der Waals surface area contributed by atoms with Gasteiger partial charge in [0.05, 0.1) is 24.3 Å². The van der Waals surface area contributed by atoms with Crippen LogP contribution in [0.15, 0.2) is 18.5 Å². The van der Waals surface area contributed by atoms with Crippen LogP contribution >= 0.6 is 0 Å². The minimum absolute atomic E-state index is 0.102. The molecule has 0 aromatic carbocycles. The Kier molecular flexibility index (Phi) is 6.99. The van der Waals surface area contributed by atoms with E-state index in [2.05, 4.69) is 15.4 Å². The van der Waals surface area contributed by atoms with Gasteiger partial charge in [-0.1, -0.05) is 27.7 Å². The van der Waals surface area contributed by atoms with Gasteiger partial charge in [0.25, 0.3) is 0 Å². The molecule has 178 valence electrons. The lowest BCUT2D eigenvalue weighted by Gasteiger charge is -2.25. The number of carbonyl (C=O) groups is 2. The van der Waals surface area contributed by atoms with Crippen LogP contribution < -0.4 is 11.1 Å². The second kappa shape index (κ2) is 9.40. The number of nitrogens with zero attached hydrogens (tertiary/aromatic N) is 4. The van der Waals surface area contributed by atoms with Gasteiger partial charge in [0.2, 0.25) is 11.5 Å². The molecule has 1 saturated heterocycles. The molecule has 12 nitrogen and oxygen atoms in total. The van der Waals surface area contributed by atoms with Crippen molar-refractivity contribution in [3.8, 4) is 6.07 Å². The predicted molar refractivity (Wildman–Crippen MR) is 114 cm³/mol. The number of aliphatic hydroxyl groups is 2. The number of aliphatic hydroxyl groups excluding tert-OH is 2. The number of anilines is 1. The van der Waals surface area contributed by atoms with Crippen LogP contribution in [-0.2, 0) is 24.7 Å². The van der Waals surface area contributed by atoms with Gasteiger partial charge >= 0.3 is 5.97 Å². The van der Waals surface area contributed by atoms with Crippen molar-refractivity contribution in [3.63, 3.8) is 0 Å². The number of amides is 1. The van der Waals surface area contributed by atoms with Gasteiger partial charge in [0, 0.05) is 0 Å². The molecule has 1 fully saturated rings. The van der Waals surface area contributed by atoms with Crippen LogP contribution in [0.2, 0.25) is 0 Å². The zero-order chi connectivity index (χ0) is 24.5. The summed E-state index contributed by atoms with van der Waals surface area (Å²) in [5.41, 5.74) is 4.33. The number of hydrogen-bond donors (Lipinski definition) is 4. The quantitative estimate of drug-likeness (QED) is 0.399. The van der Waals surface area contributed by atoms with Crippen molar-refractivity contribution >= 4 is 23.2 Å². The fourth-order valence-electron chi connectivity index (χ4n) is 3.54. The Bertz CT molecular complexity index is 1080. The molecule has 0 bridgehead atoms. The van der Waals surface area contributed by atoms with E-state index in [-0.39, 0.29) is 17.4 Å². The van der Waals surface area contributed by atoms with Crippen molar-refractivity contribution in [3.05, 3.63) is 24.2 Å². The zero-order valence-electron chi connectivity index (χ0n) is 18.8. The fraction of sp³-hybridized carbons (Fsp3) is 0.571. The molecule has 0 radical (unpaired) electrons. The molecule has 12 heteroatoms. The first-order valence-corrected chi connectivity index (χ1v) is 10.6. The van der Waals surface area contributed by atoms with Gasteiger partial charge in [-0.3, -0.25) is 9.59 Å². The molecule has 33 heavy (non-hydrogen) atoms. The summed E-state index contributed by atoms with van der Waals surface area (Å²) in [7, 11) is 0. The summed E-state index contributed by atoms with van der Waals surface area (Å²) in [6, 6.07) is 4.21. The van der Waals surface area contributed by atoms with Crippen molar-refractivity contribution in [1.82, 2.24) is 14.6 Å². The van der Waals surface area contributed by atoms with Crippen LogP contribution in [0.25, 0.3) is 5.52 Å². The number of fused-ring (bicyclic) bond motifs is 1. The zero-order valence-corrected chi connectivity index (χ0v) is 18.8. The number of esters is 1. The summed E-state index contributed by atoms with van der Waals surface area (Å²) in [4.78, 5) is 28.6. The van der Waals surface area contributed by atoms with E-state index in [4.69, 9.17) is 15.2 Å². The molecule has 1 aliphatic rings. The van der Waals surface area contributed by atoms with Crippen molar-refractivity contribution in [2.45, 2.75) is 57.6 Å². The SMILES string of the molecule is CC(C)C(=O)O[C@H]1[C@@H](O)[C@](C#N)(c2ccc3c(NC(=O)[C@@H](N)C(C)C)ncnn23)O[C@@H]1CO. The first kappa shape index (κ1) is 24.5. The molecule has 5 N–H and O–H groups in total. The normalized spacial score (nSPS) is 25.9. The van der Waals surface area contributed by atoms with Crippen LogP contribution in [0.5, 0.6) is 0 Å². The number of rotatable bonds is 7. The maximum Gasteiger partial charge on any atom is 0.308 e. The van der Waals surface area contributed by atoms with E-state index < -0.39 is 54.4 Å². The molecule has 2 aromatic rings. The van der Waals surface area contributed by atoms with Crippen LogP contribution in [0, 0.1) is 23.2 Å². The summed E-state index contributed by atoms with van der Waals surface area (Å²) in [6.45, 7) is 6.27. The van der Waals surface area contributed by atoms with Gasteiger partial charge in [0.1, 0.15) is 30.1 Å². The van der Waals surface area contributed by atoms with Gasteiger partial charge in [-0.2, -0.15) is 10.4 Å². The number of carbonyl (C=O) groups excluding carboxylic acids is 2. The topological polar surface area (TPSA) is 185 Å². The first-order chi connectivity index (χ1) is 15.6. The predicted octanol–water partition coefficient (Wildman–Crippen LogP) is -0.310. The highest BCUT2D eigenvalue weighted by Crippen LogP contribution is 2.41. The molecule has 3 rings (SSSR count). The van der Waals surface area contributed by atoms with E-state index in [9.17, 15) is 25.1 Å². The van der Waals surface area contributed by atoms with Gasteiger partial charge in [-0.15, -0.1) is 0 Å². The molecule has 5 atom stereocenters. The molecule has 1 amide bonds. The summed E-state index contributed by atoms with van der Waals surface area (Å²) >= 11 is 0. The van der Waals surface area contributed by atoms with Crippen LogP contribution in [0.3, 0.4) is 0 Å². The van der Waals surface area contributed by atoms with E-state index in [1.165, 1.54) is 16.9 Å². The molecule has 0 aliphatic carbocycles. The maximum atomic E-state index is 12.4. The molecule has 1 aliphatic heterocycles. The molecule has 2 aromatic heterocycles. The largest absolute Gasteiger partial charge is 0.456 e. The Labute approximate surface area is 190 Å². The highest BCUT2D eigenvalue weighted by molar-refractivity contribution is 5.97. The number of nitrogens with two attached hydrogens (primary N) is 1. The number of nitriles is 1. The lowest BCUT2D eigenvalue weighted by Crippen LogP contribution is -2.43. The standard InChI is InChI=1S/C21H28N6O6/c1-10(2)15(23)19(30)26-18-12-5-6-14(27(12)25-9-24-18)21(8-22)17(29)16(13(7-28)33-21)32-20(31)11(3)4/h5-6,9-11,13,15-17,28-29H,7,23H2,1-4H3,(H,24,25,26,30)/t13-,15+,16-,17-,21+/m1/s1. The average Bonchev–Trinajstić information content (AvgIpc) is 3.33. The third-order valence-electron chi connectivity index (χ3n) is 5.60. The van der Waals surface area contributed by atoms with Gasteiger partial charge in [-0.25, -0.2) is 9.50 Å². The number of hydrogen-bond acceptors (Lipinski definition) is 10. The third kappa shape index (κ3) is 4.28. The molecule has 3 heterocycles. The average molecular weight is 460 g/mol. The fourth-order valence-corrected chi connectivity index (χ4v) is 3.54. The van der Waals surface area contributed by atoms with E-state index in [1.54, 1.807) is 19.9 Å². The summed E-state index contributed by atoms with van der Waals surface area (Å²) in [5.74, 6) is -1.49. The van der Waals surface area contributed by atoms with E-state index in [0.717, 1.165) is 0 Å². The van der Waals surface area contributed by atoms with E-state index in [0.29, 0.717) is 5.52 Å². The van der Waals surface area contributed by atoms with Crippen molar-refractivity contribution < 1.29 is 29.3 Å². The maximum absolute atomic E-state index is 12.4. The van der Waals surface area contributed by atoms with Crippen molar-refractivity contribution in [1.29, 1.82) is 5.26 Å². The van der Waals surface area contributed by atoms with Gasteiger partial charge < -0.3 is 30.7 Å². The third-order valence-corrected chi connectivity index (χ3v) is 5.60. The highest BCUT2D eigenvalue weighted by atomic mass is 16.6. The smallest absolute Gasteiger partial charge is 0.308 e. The van der Waals surface area contributed by atoms with Crippen LogP contribution in [0.4, 0.5) is 5.82 Å². The van der Waals surface area contributed by atoms with E-state index >= 15 is 0 Å². The van der Waals surface area contributed by atoms with Crippen molar-refractivity contribution in [2.24, 2.45) is 17.6 Å². The highest BCUT2D eigenvalue weighted by Gasteiger charge is 2.59. The second-order valence-electron chi connectivity index (χ2n) is 8.57. The summed E-state index contributed by atoms with van der Waals surface area (Å²) in [6.07, 6.45) is -2.87. The molecular formula is C21H28N6O6. The molecular weight excluding hydrogens is 432 g/mol. The molecule has 0 spiro atoms. The Morgan fingerprint density at radius 1 is 1.39 bits per heavy atom. The Morgan fingerprint density at radius 3 is 2.67 bits per heavy atom. The molecule has 0 unspecified atom stereocenters. The monoisotopic (exact) mass is 460 g/mol.